The standard InChI is InChI=1S/C20H26FNO5S/c1-15(20(24)22-13-11-16-5-3-2-4-6-16)27-19(23)12-14-28(25,26)18-9-7-17(21)8-10-18/h5,7-10,15H,2-4,6,11-14H2,1H3,(H,22,24)/t15-/m0/s1. The van der Waals surface area contributed by atoms with Crippen molar-refractivity contribution in [3.05, 3.63) is 41.7 Å². The van der Waals surface area contributed by atoms with E-state index < -0.39 is 39.4 Å². The molecule has 8 heteroatoms. The first-order chi connectivity index (χ1) is 13.3. The maximum Gasteiger partial charge on any atom is 0.307 e. The number of nitrogens with one attached hydrogen (secondary N) is 1. The number of rotatable bonds is 9. The molecule has 1 aliphatic rings. The van der Waals surface area contributed by atoms with E-state index in [0.29, 0.717) is 6.54 Å². The van der Waals surface area contributed by atoms with E-state index in [9.17, 15) is 22.4 Å². The molecule has 0 fully saturated rings. The van der Waals surface area contributed by atoms with Crippen molar-refractivity contribution in [3.63, 3.8) is 0 Å². The summed E-state index contributed by atoms with van der Waals surface area (Å²) >= 11 is 0. The molecule has 0 radical (unpaired) electrons. The van der Waals surface area contributed by atoms with Crippen LogP contribution in [0, 0.1) is 5.82 Å². The summed E-state index contributed by atoms with van der Waals surface area (Å²) in [4.78, 5) is 23.8. The van der Waals surface area contributed by atoms with Crippen LogP contribution in [0.1, 0.15) is 45.4 Å². The van der Waals surface area contributed by atoms with Gasteiger partial charge in [0.25, 0.3) is 5.91 Å². The molecule has 28 heavy (non-hydrogen) atoms. The average Bonchev–Trinajstić information content (AvgIpc) is 2.67. The number of carbonyl (C=O) groups excluding carboxylic acids is 2. The van der Waals surface area contributed by atoms with Crippen LogP contribution < -0.4 is 5.32 Å². The largest absolute Gasteiger partial charge is 0.453 e. The van der Waals surface area contributed by atoms with Crippen molar-refractivity contribution in [2.24, 2.45) is 0 Å². The maximum atomic E-state index is 12.9. The zero-order chi connectivity index (χ0) is 20.6. The van der Waals surface area contributed by atoms with E-state index in [1.165, 1.54) is 25.3 Å². The van der Waals surface area contributed by atoms with E-state index in [1.807, 2.05) is 0 Å². The zero-order valence-electron chi connectivity index (χ0n) is 15.9. The average molecular weight is 411 g/mol. The Morgan fingerprint density at radius 1 is 1.21 bits per heavy atom. The normalized spacial score (nSPS) is 15.4. The first-order valence-corrected chi connectivity index (χ1v) is 11.1. The molecule has 1 aliphatic carbocycles. The molecule has 0 saturated carbocycles. The molecule has 0 bridgehead atoms. The lowest BCUT2D eigenvalue weighted by Crippen LogP contribution is -2.36. The third-order valence-electron chi connectivity index (χ3n) is 4.56. The summed E-state index contributed by atoms with van der Waals surface area (Å²) < 4.78 is 42.2. The second-order valence-corrected chi connectivity index (χ2v) is 8.91. The van der Waals surface area contributed by atoms with E-state index in [1.54, 1.807) is 0 Å². The second-order valence-electron chi connectivity index (χ2n) is 6.80. The highest BCUT2D eigenvalue weighted by atomic mass is 32.2. The highest BCUT2D eigenvalue weighted by molar-refractivity contribution is 7.91. The minimum Gasteiger partial charge on any atom is -0.453 e. The van der Waals surface area contributed by atoms with Gasteiger partial charge in [0, 0.05) is 6.54 Å². The van der Waals surface area contributed by atoms with Gasteiger partial charge in [-0.05, 0) is 63.3 Å². The summed E-state index contributed by atoms with van der Waals surface area (Å²) in [5, 5.41) is 2.73. The van der Waals surface area contributed by atoms with Gasteiger partial charge < -0.3 is 10.1 Å². The van der Waals surface area contributed by atoms with Gasteiger partial charge in [-0.2, -0.15) is 0 Å². The molecular formula is C20H26FNO5S. The molecule has 2 rings (SSSR count). The van der Waals surface area contributed by atoms with Crippen LogP contribution in [-0.4, -0.2) is 38.7 Å². The van der Waals surface area contributed by atoms with Gasteiger partial charge in [-0.25, -0.2) is 12.8 Å². The van der Waals surface area contributed by atoms with Crippen LogP contribution >= 0.6 is 0 Å². The van der Waals surface area contributed by atoms with E-state index in [-0.39, 0.29) is 11.3 Å². The Labute approximate surface area is 165 Å². The van der Waals surface area contributed by atoms with Crippen LogP contribution in [0.2, 0.25) is 0 Å². The number of halogens is 1. The molecule has 0 aliphatic heterocycles. The summed E-state index contributed by atoms with van der Waals surface area (Å²) in [6, 6.07) is 4.38. The van der Waals surface area contributed by atoms with E-state index in [0.717, 1.165) is 43.5 Å². The molecule has 1 aromatic rings. The maximum absolute atomic E-state index is 12.9. The fourth-order valence-corrected chi connectivity index (χ4v) is 4.13. The highest BCUT2D eigenvalue weighted by Gasteiger charge is 2.21. The Hall–Kier alpha value is -2.22. The summed E-state index contributed by atoms with van der Waals surface area (Å²) in [6.07, 6.45) is 6.13. The number of benzene rings is 1. The van der Waals surface area contributed by atoms with Crippen LogP contribution in [0.5, 0.6) is 0 Å². The van der Waals surface area contributed by atoms with Gasteiger partial charge in [-0.15, -0.1) is 0 Å². The van der Waals surface area contributed by atoms with Gasteiger partial charge in [0.2, 0.25) is 0 Å². The third kappa shape index (κ3) is 7.07. The van der Waals surface area contributed by atoms with Gasteiger partial charge in [0.05, 0.1) is 17.1 Å². The fourth-order valence-electron chi connectivity index (χ4n) is 2.91. The molecule has 0 saturated heterocycles. The molecule has 1 atom stereocenters. The SMILES string of the molecule is C[C@H](OC(=O)CCS(=O)(=O)c1ccc(F)cc1)C(=O)NCCC1=CCCCC1. The fraction of sp³-hybridized carbons (Fsp3) is 0.500. The first kappa shape index (κ1) is 22.1. The number of ether oxygens (including phenoxy) is 1. The van der Waals surface area contributed by atoms with Crippen LogP contribution in [0.25, 0.3) is 0 Å². The summed E-state index contributed by atoms with van der Waals surface area (Å²) in [7, 11) is -3.73. The lowest BCUT2D eigenvalue weighted by Gasteiger charge is -2.15. The lowest BCUT2D eigenvalue weighted by molar-refractivity contribution is -0.154. The van der Waals surface area contributed by atoms with Gasteiger partial charge in [0.1, 0.15) is 5.82 Å². The molecule has 0 spiro atoms. The van der Waals surface area contributed by atoms with Gasteiger partial charge in [0.15, 0.2) is 15.9 Å². The van der Waals surface area contributed by atoms with Crippen molar-refractivity contribution in [1.82, 2.24) is 5.32 Å². The van der Waals surface area contributed by atoms with Gasteiger partial charge >= 0.3 is 5.97 Å². The Morgan fingerprint density at radius 2 is 1.93 bits per heavy atom. The Kier molecular flexibility index (Phi) is 8.17. The van der Waals surface area contributed by atoms with Crippen molar-refractivity contribution in [2.75, 3.05) is 12.3 Å². The highest BCUT2D eigenvalue weighted by Crippen LogP contribution is 2.19. The summed E-state index contributed by atoms with van der Waals surface area (Å²) in [6.45, 7) is 1.92. The van der Waals surface area contributed by atoms with Crippen LogP contribution in [0.3, 0.4) is 0 Å². The lowest BCUT2D eigenvalue weighted by atomic mass is 9.97. The van der Waals surface area contributed by atoms with E-state index in [2.05, 4.69) is 11.4 Å². The molecular weight excluding hydrogens is 385 g/mol. The Morgan fingerprint density at radius 3 is 2.57 bits per heavy atom. The quantitative estimate of drug-likeness (QED) is 0.383. The monoisotopic (exact) mass is 411 g/mol. The van der Waals surface area contributed by atoms with Gasteiger partial charge in [-0.3, -0.25) is 9.59 Å². The topological polar surface area (TPSA) is 89.5 Å². The van der Waals surface area contributed by atoms with Crippen molar-refractivity contribution in [2.45, 2.75) is 56.4 Å². The van der Waals surface area contributed by atoms with E-state index in [4.69, 9.17) is 4.74 Å². The molecule has 0 aromatic heterocycles. The molecule has 1 aromatic carbocycles. The zero-order valence-corrected chi connectivity index (χ0v) is 16.8. The van der Waals surface area contributed by atoms with Crippen LogP contribution in [-0.2, 0) is 24.2 Å². The summed E-state index contributed by atoms with van der Waals surface area (Å²) in [5.74, 6) is -2.20. The second kappa shape index (κ2) is 10.4. The molecule has 154 valence electrons. The number of carbonyl (C=O) groups is 2. The number of esters is 1. The third-order valence-corrected chi connectivity index (χ3v) is 6.29. The molecule has 1 N–H and O–H groups in total. The minimum atomic E-state index is -3.73. The molecule has 6 nitrogen and oxygen atoms in total. The molecule has 0 unspecified atom stereocenters. The van der Waals surface area contributed by atoms with Crippen molar-refractivity contribution in [3.8, 4) is 0 Å². The van der Waals surface area contributed by atoms with Crippen molar-refractivity contribution in [1.29, 1.82) is 0 Å². The van der Waals surface area contributed by atoms with E-state index >= 15 is 0 Å². The number of amides is 1. The molecule has 0 heterocycles. The van der Waals surface area contributed by atoms with Gasteiger partial charge in [-0.1, -0.05) is 11.6 Å². The predicted octanol–water partition coefficient (Wildman–Crippen LogP) is 2.93. The summed E-state index contributed by atoms with van der Waals surface area (Å²) in [5.41, 5.74) is 1.34. The number of hydrogen-bond donors (Lipinski definition) is 1. The number of sulfone groups is 1. The first-order valence-electron chi connectivity index (χ1n) is 9.41. The number of allylic oxidation sites excluding steroid dienone is 1. The predicted molar refractivity (Wildman–Crippen MR) is 103 cm³/mol. The number of hydrogen-bond acceptors (Lipinski definition) is 5. The van der Waals surface area contributed by atoms with Crippen molar-refractivity contribution >= 4 is 21.7 Å². The Bertz CT molecular complexity index is 818. The minimum absolute atomic E-state index is 0.0653. The van der Waals surface area contributed by atoms with Crippen LogP contribution in [0.15, 0.2) is 40.8 Å². The van der Waals surface area contributed by atoms with Crippen molar-refractivity contribution < 1.29 is 27.1 Å². The molecule has 1 amide bonds. The van der Waals surface area contributed by atoms with Crippen LogP contribution in [0.4, 0.5) is 4.39 Å². The smallest absolute Gasteiger partial charge is 0.307 e. The Balaban J connectivity index is 1.72.